The molecule has 0 saturated heterocycles. The molecule has 0 aliphatic rings. The number of hydrogen-bond acceptors (Lipinski definition) is 1. The molecule has 2 aromatic carbocycles. The number of hydrogen-bond donors (Lipinski definition) is 0. The topological polar surface area (TPSA) is 9.23 Å². The van der Waals surface area contributed by atoms with Crippen molar-refractivity contribution < 1.29 is 22.3 Å². The summed E-state index contributed by atoms with van der Waals surface area (Å²) in [5, 5.41) is 0. The van der Waals surface area contributed by atoms with Gasteiger partial charge >= 0.3 is 6.18 Å². The summed E-state index contributed by atoms with van der Waals surface area (Å²) in [6, 6.07) is 10.7. The monoisotopic (exact) mass is 296 g/mol. The molecule has 1 nitrogen and oxygen atoms in total. The van der Waals surface area contributed by atoms with Crippen LogP contribution in [0.1, 0.15) is 16.7 Å². The molecule has 0 N–H and O–H groups in total. The Balaban J connectivity index is 2.30. The van der Waals surface area contributed by atoms with Crippen molar-refractivity contribution in [3.63, 3.8) is 0 Å². The minimum Gasteiger partial charge on any atom is -0.497 e. The van der Waals surface area contributed by atoms with Gasteiger partial charge in [0.05, 0.1) is 12.7 Å². The number of halogens is 4. The zero-order valence-electron chi connectivity index (χ0n) is 11.1. The van der Waals surface area contributed by atoms with E-state index >= 15 is 0 Å². The van der Waals surface area contributed by atoms with E-state index in [0.717, 1.165) is 12.1 Å². The van der Waals surface area contributed by atoms with Gasteiger partial charge in [-0.15, -0.1) is 0 Å². The molecule has 0 aromatic heterocycles. The standard InChI is InChI=1S/C16H12F4O/c1-21-14-7-5-11(6-8-14)9-15(17)12-3-2-4-13(10-12)16(18,19)20/h2-10H,1H3/b15-9+. The Bertz CT molecular complexity index is 642. The molecule has 0 aliphatic carbocycles. The van der Waals surface area contributed by atoms with Crippen molar-refractivity contribution in [3.8, 4) is 5.75 Å². The highest BCUT2D eigenvalue weighted by Gasteiger charge is 2.30. The maximum Gasteiger partial charge on any atom is 0.416 e. The van der Waals surface area contributed by atoms with Crippen LogP contribution in [0.25, 0.3) is 11.9 Å². The maximum atomic E-state index is 14.0. The van der Waals surface area contributed by atoms with Gasteiger partial charge in [0.25, 0.3) is 0 Å². The third-order valence-corrected chi connectivity index (χ3v) is 2.87. The molecule has 0 spiro atoms. The van der Waals surface area contributed by atoms with Gasteiger partial charge in [-0.1, -0.05) is 24.3 Å². The van der Waals surface area contributed by atoms with E-state index in [0.29, 0.717) is 11.3 Å². The van der Waals surface area contributed by atoms with E-state index in [4.69, 9.17) is 4.74 Å². The molecule has 0 bridgehead atoms. The lowest BCUT2D eigenvalue weighted by Gasteiger charge is -2.07. The van der Waals surface area contributed by atoms with Crippen LogP contribution in [0.2, 0.25) is 0 Å². The second-order valence-corrected chi connectivity index (χ2v) is 4.34. The number of ether oxygens (including phenoxy) is 1. The molecule has 0 unspecified atom stereocenters. The molecule has 21 heavy (non-hydrogen) atoms. The largest absolute Gasteiger partial charge is 0.497 e. The molecular weight excluding hydrogens is 284 g/mol. The van der Waals surface area contributed by atoms with Gasteiger partial charge in [0.15, 0.2) is 0 Å². The molecule has 0 saturated carbocycles. The van der Waals surface area contributed by atoms with Crippen molar-refractivity contribution in [2.75, 3.05) is 7.11 Å². The Morgan fingerprint density at radius 3 is 2.29 bits per heavy atom. The van der Waals surface area contributed by atoms with Gasteiger partial charge in [0.2, 0.25) is 0 Å². The van der Waals surface area contributed by atoms with Crippen LogP contribution in [-0.2, 0) is 6.18 Å². The third kappa shape index (κ3) is 3.84. The average Bonchev–Trinajstić information content (AvgIpc) is 2.47. The summed E-state index contributed by atoms with van der Waals surface area (Å²) in [5.74, 6) is -0.113. The second-order valence-electron chi connectivity index (χ2n) is 4.34. The average molecular weight is 296 g/mol. The van der Waals surface area contributed by atoms with Gasteiger partial charge in [-0.3, -0.25) is 0 Å². The molecule has 0 amide bonds. The summed E-state index contributed by atoms with van der Waals surface area (Å²) in [6.45, 7) is 0. The summed E-state index contributed by atoms with van der Waals surface area (Å²) in [6.07, 6.45) is -3.31. The Hall–Kier alpha value is -2.30. The number of benzene rings is 2. The van der Waals surface area contributed by atoms with Crippen molar-refractivity contribution >= 4 is 11.9 Å². The van der Waals surface area contributed by atoms with Crippen molar-refractivity contribution in [3.05, 3.63) is 65.2 Å². The number of methoxy groups -OCH3 is 1. The molecule has 110 valence electrons. The first kappa shape index (κ1) is 15.1. The SMILES string of the molecule is COc1ccc(/C=C(/F)c2cccc(C(F)(F)F)c2)cc1. The molecule has 2 aromatic rings. The maximum absolute atomic E-state index is 14.0. The molecule has 2 rings (SSSR count). The van der Waals surface area contributed by atoms with E-state index in [1.165, 1.54) is 25.3 Å². The summed E-state index contributed by atoms with van der Waals surface area (Å²) >= 11 is 0. The van der Waals surface area contributed by atoms with Crippen molar-refractivity contribution in [1.29, 1.82) is 0 Å². The Kier molecular flexibility index (Phi) is 4.31. The minimum atomic E-state index is -4.49. The molecule has 0 aliphatic heterocycles. The highest BCUT2D eigenvalue weighted by atomic mass is 19.4. The van der Waals surface area contributed by atoms with Crippen LogP contribution in [0, 0.1) is 0 Å². The van der Waals surface area contributed by atoms with Crippen LogP contribution < -0.4 is 4.74 Å². The van der Waals surface area contributed by atoms with E-state index in [-0.39, 0.29) is 5.56 Å². The fourth-order valence-corrected chi connectivity index (χ4v) is 1.77. The van der Waals surface area contributed by atoms with Gasteiger partial charge in [-0.2, -0.15) is 13.2 Å². The van der Waals surface area contributed by atoms with E-state index < -0.39 is 17.6 Å². The van der Waals surface area contributed by atoms with Crippen LogP contribution in [-0.4, -0.2) is 7.11 Å². The predicted octanol–water partition coefficient (Wildman–Crippen LogP) is 5.18. The van der Waals surface area contributed by atoms with Crippen LogP contribution in [0.5, 0.6) is 5.75 Å². The highest BCUT2D eigenvalue weighted by Crippen LogP contribution is 2.31. The molecule has 0 heterocycles. The first-order valence-corrected chi connectivity index (χ1v) is 6.09. The normalized spacial score (nSPS) is 12.3. The van der Waals surface area contributed by atoms with Crippen LogP contribution in [0.3, 0.4) is 0 Å². The van der Waals surface area contributed by atoms with E-state index in [2.05, 4.69) is 0 Å². The van der Waals surface area contributed by atoms with Crippen molar-refractivity contribution in [1.82, 2.24) is 0 Å². The summed E-state index contributed by atoms with van der Waals surface area (Å²) < 4.78 is 56.8. The highest BCUT2D eigenvalue weighted by molar-refractivity contribution is 5.77. The van der Waals surface area contributed by atoms with Crippen LogP contribution in [0.4, 0.5) is 17.6 Å². The molecule has 5 heteroatoms. The molecule has 0 radical (unpaired) electrons. The van der Waals surface area contributed by atoms with Crippen molar-refractivity contribution in [2.24, 2.45) is 0 Å². The lowest BCUT2D eigenvalue weighted by molar-refractivity contribution is -0.137. The van der Waals surface area contributed by atoms with Crippen LogP contribution >= 0.6 is 0 Å². The lowest BCUT2D eigenvalue weighted by Crippen LogP contribution is -2.04. The smallest absolute Gasteiger partial charge is 0.416 e. The van der Waals surface area contributed by atoms with E-state index in [1.807, 2.05) is 0 Å². The summed E-state index contributed by atoms with van der Waals surface area (Å²) in [7, 11) is 1.51. The van der Waals surface area contributed by atoms with Gasteiger partial charge in [-0.25, -0.2) is 4.39 Å². The van der Waals surface area contributed by atoms with E-state index in [9.17, 15) is 17.6 Å². The fraction of sp³-hybridized carbons (Fsp3) is 0.125. The lowest BCUT2D eigenvalue weighted by atomic mass is 10.1. The minimum absolute atomic E-state index is 0.111. The van der Waals surface area contributed by atoms with Gasteiger partial charge in [0.1, 0.15) is 11.6 Å². The van der Waals surface area contributed by atoms with E-state index in [1.54, 1.807) is 24.3 Å². The summed E-state index contributed by atoms with van der Waals surface area (Å²) in [5.41, 5.74) is -0.454. The zero-order valence-corrected chi connectivity index (χ0v) is 11.1. The molecular formula is C16H12F4O. The number of rotatable bonds is 3. The Morgan fingerprint density at radius 1 is 1.05 bits per heavy atom. The third-order valence-electron chi connectivity index (χ3n) is 2.87. The second kappa shape index (κ2) is 5.99. The molecule has 0 fully saturated rings. The number of alkyl halides is 3. The van der Waals surface area contributed by atoms with Gasteiger partial charge in [0, 0.05) is 5.56 Å². The zero-order chi connectivity index (χ0) is 15.5. The predicted molar refractivity (Wildman–Crippen MR) is 73.4 cm³/mol. The first-order valence-electron chi connectivity index (χ1n) is 6.09. The van der Waals surface area contributed by atoms with Gasteiger partial charge in [-0.05, 0) is 35.9 Å². The Morgan fingerprint density at radius 2 is 1.71 bits per heavy atom. The summed E-state index contributed by atoms with van der Waals surface area (Å²) in [4.78, 5) is 0. The quantitative estimate of drug-likeness (QED) is 0.560. The fourth-order valence-electron chi connectivity index (χ4n) is 1.77. The van der Waals surface area contributed by atoms with Crippen molar-refractivity contribution in [2.45, 2.75) is 6.18 Å². The van der Waals surface area contributed by atoms with Gasteiger partial charge < -0.3 is 4.74 Å². The Labute approximate surface area is 119 Å². The first-order chi connectivity index (χ1) is 9.90. The molecule has 0 atom stereocenters. The van der Waals surface area contributed by atoms with Crippen LogP contribution in [0.15, 0.2) is 48.5 Å².